The van der Waals surface area contributed by atoms with E-state index in [1.165, 1.54) is 10.7 Å². The van der Waals surface area contributed by atoms with Crippen LogP contribution in [0.4, 0.5) is 5.69 Å². The van der Waals surface area contributed by atoms with Crippen LogP contribution in [0.25, 0.3) is 0 Å². The van der Waals surface area contributed by atoms with E-state index in [2.05, 4.69) is 5.32 Å². The molecule has 0 heterocycles. The molecule has 0 radical (unpaired) electrons. The standard InChI is InChI=1S/C30H42ClN3O5S/c1-4-28(30(36)32-24-13-7-6-8-14-24)33(22-23-12-9-10-15-27(23)31)29(35)16-11-21-34(40(3,37)38)25-17-19-26(20-18-25)39-5-2/h9-10,12,15,17-20,24,28H,4-8,11,13-14,16,21-22H2,1-3H3,(H,32,36)/t28-/m0/s1. The molecule has 40 heavy (non-hydrogen) atoms. The van der Waals surface area contributed by atoms with Gasteiger partial charge in [0.25, 0.3) is 0 Å². The van der Waals surface area contributed by atoms with Gasteiger partial charge >= 0.3 is 0 Å². The highest BCUT2D eigenvalue weighted by atomic mass is 35.5. The Labute approximate surface area is 244 Å². The second kappa shape index (κ2) is 15.3. The van der Waals surface area contributed by atoms with E-state index in [1.807, 2.05) is 32.0 Å². The summed E-state index contributed by atoms with van der Waals surface area (Å²) in [4.78, 5) is 28.7. The molecular weight excluding hydrogens is 550 g/mol. The summed E-state index contributed by atoms with van der Waals surface area (Å²) in [6, 6.07) is 13.6. The highest BCUT2D eigenvalue weighted by Gasteiger charge is 2.31. The lowest BCUT2D eigenvalue weighted by Gasteiger charge is -2.33. The largest absolute Gasteiger partial charge is 0.494 e. The van der Waals surface area contributed by atoms with Crippen molar-refractivity contribution in [2.45, 2.75) is 83.8 Å². The molecule has 0 unspecified atom stereocenters. The Morgan fingerprint density at radius 1 is 1.05 bits per heavy atom. The summed E-state index contributed by atoms with van der Waals surface area (Å²) in [5.74, 6) is 0.287. The zero-order valence-electron chi connectivity index (χ0n) is 23.8. The van der Waals surface area contributed by atoms with Crippen molar-refractivity contribution in [3.05, 3.63) is 59.1 Å². The Kier molecular flexibility index (Phi) is 12.1. The minimum Gasteiger partial charge on any atom is -0.494 e. The number of carbonyl (C=O) groups excluding carboxylic acids is 2. The topological polar surface area (TPSA) is 96.0 Å². The van der Waals surface area contributed by atoms with Gasteiger partial charge in [0.2, 0.25) is 21.8 Å². The number of benzene rings is 2. The first kappa shape index (κ1) is 31.7. The van der Waals surface area contributed by atoms with Crippen LogP contribution in [0.2, 0.25) is 5.02 Å². The van der Waals surface area contributed by atoms with Gasteiger partial charge in [-0.2, -0.15) is 0 Å². The van der Waals surface area contributed by atoms with Gasteiger partial charge in [-0.15, -0.1) is 0 Å². The molecule has 3 rings (SSSR count). The van der Waals surface area contributed by atoms with Crippen molar-refractivity contribution in [2.24, 2.45) is 0 Å². The molecule has 1 aliphatic rings. The number of nitrogens with zero attached hydrogens (tertiary/aromatic N) is 2. The SMILES string of the molecule is CCOc1ccc(N(CCCC(=O)N(Cc2ccccc2Cl)[C@@H](CC)C(=O)NC2CCCCC2)S(C)(=O)=O)cc1. The van der Waals surface area contributed by atoms with Gasteiger partial charge in [0, 0.05) is 30.6 Å². The Balaban J connectivity index is 1.75. The van der Waals surface area contributed by atoms with Crippen LogP contribution in [-0.2, 0) is 26.2 Å². The minimum atomic E-state index is -3.58. The lowest BCUT2D eigenvalue weighted by atomic mass is 9.95. The number of sulfonamides is 1. The van der Waals surface area contributed by atoms with Crippen molar-refractivity contribution >= 4 is 39.1 Å². The van der Waals surface area contributed by atoms with Crippen LogP contribution in [0.3, 0.4) is 0 Å². The summed E-state index contributed by atoms with van der Waals surface area (Å²) in [6.07, 6.45) is 7.25. The molecule has 2 amide bonds. The number of hydrogen-bond donors (Lipinski definition) is 1. The van der Waals surface area contributed by atoms with E-state index in [0.29, 0.717) is 35.9 Å². The van der Waals surface area contributed by atoms with Crippen LogP contribution in [0.15, 0.2) is 48.5 Å². The first-order valence-electron chi connectivity index (χ1n) is 14.2. The quantitative estimate of drug-likeness (QED) is 0.311. The lowest BCUT2D eigenvalue weighted by Crippen LogP contribution is -2.51. The van der Waals surface area contributed by atoms with Gasteiger partial charge in [0.1, 0.15) is 11.8 Å². The first-order chi connectivity index (χ1) is 19.1. The number of halogens is 1. The number of carbonyl (C=O) groups is 2. The maximum Gasteiger partial charge on any atom is 0.243 e. The third kappa shape index (κ3) is 9.13. The number of hydrogen-bond acceptors (Lipinski definition) is 5. The van der Waals surface area contributed by atoms with E-state index in [4.69, 9.17) is 16.3 Å². The number of amides is 2. The molecule has 1 atom stereocenters. The smallest absolute Gasteiger partial charge is 0.243 e. The van der Waals surface area contributed by atoms with Crippen molar-refractivity contribution in [3.8, 4) is 5.75 Å². The van der Waals surface area contributed by atoms with E-state index in [1.54, 1.807) is 35.2 Å². The third-order valence-electron chi connectivity index (χ3n) is 7.22. The third-order valence-corrected chi connectivity index (χ3v) is 8.79. The summed E-state index contributed by atoms with van der Waals surface area (Å²) >= 11 is 6.43. The fourth-order valence-corrected chi connectivity index (χ4v) is 6.31. The summed E-state index contributed by atoms with van der Waals surface area (Å²) in [5, 5.41) is 3.70. The molecule has 0 spiro atoms. The second-order valence-corrected chi connectivity index (χ2v) is 12.6. The molecule has 0 bridgehead atoms. The van der Waals surface area contributed by atoms with Gasteiger partial charge in [-0.05, 0) is 68.5 Å². The molecule has 0 saturated heterocycles. The predicted octanol–water partition coefficient (Wildman–Crippen LogP) is 5.54. The molecule has 10 heteroatoms. The summed E-state index contributed by atoms with van der Waals surface area (Å²) in [5.41, 5.74) is 1.26. The number of ether oxygens (including phenoxy) is 1. The molecule has 1 saturated carbocycles. The molecule has 1 aliphatic carbocycles. The van der Waals surface area contributed by atoms with Crippen molar-refractivity contribution in [1.82, 2.24) is 10.2 Å². The Hall–Kier alpha value is -2.78. The average Bonchev–Trinajstić information content (AvgIpc) is 2.92. The van der Waals surface area contributed by atoms with Crippen LogP contribution in [-0.4, -0.2) is 56.6 Å². The van der Waals surface area contributed by atoms with E-state index in [-0.39, 0.29) is 37.4 Å². The molecule has 2 aromatic carbocycles. The van der Waals surface area contributed by atoms with Crippen LogP contribution >= 0.6 is 11.6 Å². The van der Waals surface area contributed by atoms with E-state index in [9.17, 15) is 18.0 Å². The van der Waals surface area contributed by atoms with Gasteiger partial charge < -0.3 is 15.0 Å². The molecule has 220 valence electrons. The number of anilines is 1. The fourth-order valence-electron chi connectivity index (χ4n) is 5.15. The highest BCUT2D eigenvalue weighted by molar-refractivity contribution is 7.92. The van der Waals surface area contributed by atoms with Crippen LogP contribution in [0.5, 0.6) is 5.75 Å². The van der Waals surface area contributed by atoms with Gasteiger partial charge in [0.05, 0.1) is 18.6 Å². The minimum absolute atomic E-state index is 0.0840. The molecule has 8 nitrogen and oxygen atoms in total. The molecule has 0 aromatic heterocycles. The van der Waals surface area contributed by atoms with Crippen LogP contribution in [0.1, 0.15) is 70.8 Å². The van der Waals surface area contributed by atoms with Crippen LogP contribution < -0.4 is 14.4 Å². The van der Waals surface area contributed by atoms with Gasteiger partial charge in [0.15, 0.2) is 0 Å². The lowest BCUT2D eigenvalue weighted by molar-refractivity contribution is -0.141. The van der Waals surface area contributed by atoms with Gasteiger partial charge in [-0.25, -0.2) is 8.42 Å². The highest BCUT2D eigenvalue weighted by Crippen LogP contribution is 2.24. The fraction of sp³-hybridized carbons (Fsp3) is 0.533. The van der Waals surface area contributed by atoms with Crippen molar-refractivity contribution in [2.75, 3.05) is 23.7 Å². The zero-order valence-corrected chi connectivity index (χ0v) is 25.3. The van der Waals surface area contributed by atoms with Crippen molar-refractivity contribution < 1.29 is 22.7 Å². The van der Waals surface area contributed by atoms with E-state index < -0.39 is 16.1 Å². The van der Waals surface area contributed by atoms with Crippen LogP contribution in [0, 0.1) is 0 Å². The monoisotopic (exact) mass is 591 g/mol. The van der Waals surface area contributed by atoms with Crippen molar-refractivity contribution in [1.29, 1.82) is 0 Å². The maximum absolute atomic E-state index is 13.7. The molecule has 1 fully saturated rings. The number of rotatable bonds is 14. The summed E-state index contributed by atoms with van der Waals surface area (Å²) in [7, 11) is -3.58. The predicted molar refractivity (Wildman–Crippen MR) is 160 cm³/mol. The maximum atomic E-state index is 13.7. The Morgan fingerprint density at radius 3 is 2.33 bits per heavy atom. The molecule has 0 aliphatic heterocycles. The normalized spacial score (nSPS) is 14.8. The second-order valence-electron chi connectivity index (χ2n) is 10.2. The zero-order chi connectivity index (χ0) is 29.1. The van der Waals surface area contributed by atoms with E-state index >= 15 is 0 Å². The molecule has 1 N–H and O–H groups in total. The summed E-state index contributed by atoms with van der Waals surface area (Å²) < 4.78 is 31.9. The van der Waals surface area contributed by atoms with Gasteiger partial charge in [-0.3, -0.25) is 13.9 Å². The average molecular weight is 592 g/mol. The Morgan fingerprint density at radius 2 is 1.73 bits per heavy atom. The van der Waals surface area contributed by atoms with Gasteiger partial charge in [-0.1, -0.05) is 56.0 Å². The Bertz CT molecular complexity index is 1220. The van der Waals surface area contributed by atoms with Crippen molar-refractivity contribution in [3.63, 3.8) is 0 Å². The van der Waals surface area contributed by atoms with E-state index in [0.717, 1.165) is 37.5 Å². The molecular formula is C30H42ClN3O5S. The molecule has 2 aromatic rings. The summed E-state index contributed by atoms with van der Waals surface area (Å²) in [6.45, 7) is 4.62. The number of nitrogens with one attached hydrogen (secondary N) is 1. The first-order valence-corrected chi connectivity index (χ1v) is 16.4.